The highest BCUT2D eigenvalue weighted by molar-refractivity contribution is 5.71. The first-order chi connectivity index (χ1) is 39.5. The fourth-order valence-corrected chi connectivity index (χ4v) is 11.3. The van der Waals surface area contributed by atoms with E-state index in [4.69, 9.17) is 14.2 Å². The Labute approximate surface area is 500 Å². The third kappa shape index (κ3) is 66.7. The molecule has 0 spiro atoms. The highest BCUT2D eigenvalue weighted by atomic mass is 16.6. The molecule has 0 aliphatic heterocycles. The van der Waals surface area contributed by atoms with Crippen LogP contribution in [0.15, 0.2) is 24.3 Å². The summed E-state index contributed by atoms with van der Waals surface area (Å²) in [5, 5.41) is 0. The first kappa shape index (κ1) is 77.9. The summed E-state index contributed by atoms with van der Waals surface area (Å²) >= 11 is 0. The SMILES string of the molecule is CCC/C=C\C/C=C\CCCCCCCC(=O)OCC(COC(=O)CCCCCCCCCCCCCCCCCCCCCCCCCCC)OC(=O)CCCCCCCCCCCCCCCCCCCCCCCCCC. The molecule has 0 heterocycles. The molecule has 0 aliphatic carbocycles. The Morgan fingerprint density at radius 3 is 0.738 bits per heavy atom. The number of hydrogen-bond acceptors (Lipinski definition) is 6. The van der Waals surface area contributed by atoms with Gasteiger partial charge in [0.05, 0.1) is 0 Å². The van der Waals surface area contributed by atoms with Crippen molar-refractivity contribution in [3.05, 3.63) is 24.3 Å². The molecule has 472 valence electrons. The number of carbonyl (C=O) groups excluding carboxylic acids is 3. The van der Waals surface area contributed by atoms with E-state index >= 15 is 0 Å². The first-order valence-electron chi connectivity index (χ1n) is 36.3. The molecule has 80 heavy (non-hydrogen) atoms. The summed E-state index contributed by atoms with van der Waals surface area (Å²) in [6, 6.07) is 0. The topological polar surface area (TPSA) is 78.9 Å². The lowest BCUT2D eigenvalue weighted by molar-refractivity contribution is -0.167. The van der Waals surface area contributed by atoms with Crippen LogP contribution in [0.5, 0.6) is 0 Å². The van der Waals surface area contributed by atoms with Crippen LogP contribution in [0, 0.1) is 0 Å². The zero-order chi connectivity index (χ0) is 57.8. The summed E-state index contributed by atoms with van der Waals surface area (Å²) < 4.78 is 17.0. The number of allylic oxidation sites excluding steroid dienone is 4. The van der Waals surface area contributed by atoms with Crippen molar-refractivity contribution in [2.24, 2.45) is 0 Å². The van der Waals surface area contributed by atoms with Crippen molar-refractivity contribution >= 4 is 17.9 Å². The van der Waals surface area contributed by atoms with Gasteiger partial charge < -0.3 is 14.2 Å². The van der Waals surface area contributed by atoms with Crippen LogP contribution in [0.25, 0.3) is 0 Å². The van der Waals surface area contributed by atoms with Gasteiger partial charge in [-0.3, -0.25) is 14.4 Å². The molecule has 0 aromatic carbocycles. The van der Waals surface area contributed by atoms with E-state index in [1.165, 1.54) is 289 Å². The Bertz CT molecular complexity index is 1290. The second-order valence-electron chi connectivity index (χ2n) is 24.9. The molecule has 6 nitrogen and oxygen atoms in total. The Balaban J connectivity index is 4.19. The monoisotopic (exact) mass is 1130 g/mol. The molecular formula is C74H140O6. The summed E-state index contributed by atoms with van der Waals surface area (Å²) in [4.78, 5) is 38.4. The van der Waals surface area contributed by atoms with E-state index in [2.05, 4.69) is 45.1 Å². The average Bonchev–Trinajstić information content (AvgIpc) is 3.46. The summed E-state index contributed by atoms with van der Waals surface area (Å²) in [5.41, 5.74) is 0. The van der Waals surface area contributed by atoms with E-state index in [0.717, 1.165) is 83.5 Å². The van der Waals surface area contributed by atoms with E-state index in [1.807, 2.05) is 0 Å². The normalized spacial score (nSPS) is 12.1. The smallest absolute Gasteiger partial charge is 0.306 e. The fraction of sp³-hybridized carbons (Fsp3) is 0.905. The van der Waals surface area contributed by atoms with Crippen LogP contribution in [0.3, 0.4) is 0 Å². The highest BCUT2D eigenvalue weighted by Crippen LogP contribution is 2.19. The van der Waals surface area contributed by atoms with Crippen LogP contribution in [0.2, 0.25) is 0 Å². The van der Waals surface area contributed by atoms with E-state index < -0.39 is 6.10 Å². The van der Waals surface area contributed by atoms with E-state index in [-0.39, 0.29) is 31.1 Å². The van der Waals surface area contributed by atoms with Crippen LogP contribution in [0.1, 0.15) is 412 Å². The number of hydrogen-bond donors (Lipinski definition) is 0. The molecule has 0 N–H and O–H groups in total. The Hall–Kier alpha value is -2.11. The van der Waals surface area contributed by atoms with Gasteiger partial charge in [-0.1, -0.05) is 373 Å². The minimum atomic E-state index is -0.774. The second-order valence-corrected chi connectivity index (χ2v) is 24.9. The van der Waals surface area contributed by atoms with E-state index in [0.29, 0.717) is 19.3 Å². The molecule has 0 aromatic rings. The number of esters is 3. The molecule has 0 aromatic heterocycles. The molecule has 0 amide bonds. The van der Waals surface area contributed by atoms with Crippen molar-refractivity contribution in [1.29, 1.82) is 0 Å². The van der Waals surface area contributed by atoms with Gasteiger partial charge in [0.2, 0.25) is 0 Å². The summed E-state index contributed by atoms with van der Waals surface area (Å²) in [6.07, 6.45) is 85.1. The van der Waals surface area contributed by atoms with Crippen LogP contribution < -0.4 is 0 Å². The number of ether oxygens (including phenoxy) is 3. The van der Waals surface area contributed by atoms with Crippen molar-refractivity contribution in [3.8, 4) is 0 Å². The van der Waals surface area contributed by atoms with Gasteiger partial charge in [-0.15, -0.1) is 0 Å². The van der Waals surface area contributed by atoms with Crippen LogP contribution >= 0.6 is 0 Å². The summed E-state index contributed by atoms with van der Waals surface area (Å²) in [7, 11) is 0. The first-order valence-corrected chi connectivity index (χ1v) is 36.3. The number of rotatable bonds is 68. The number of unbranched alkanes of at least 4 members (excludes halogenated alkanes) is 53. The maximum absolute atomic E-state index is 13.0. The van der Waals surface area contributed by atoms with Crippen LogP contribution in [-0.4, -0.2) is 37.2 Å². The molecule has 0 bridgehead atoms. The van der Waals surface area contributed by atoms with E-state index in [1.54, 1.807) is 0 Å². The lowest BCUT2D eigenvalue weighted by Gasteiger charge is -2.18. The maximum atomic E-state index is 13.0. The fourth-order valence-electron chi connectivity index (χ4n) is 11.3. The van der Waals surface area contributed by atoms with Gasteiger partial charge in [-0.2, -0.15) is 0 Å². The Kier molecular flexibility index (Phi) is 67.6. The van der Waals surface area contributed by atoms with Gasteiger partial charge in [0.25, 0.3) is 0 Å². The second kappa shape index (κ2) is 69.4. The third-order valence-corrected chi connectivity index (χ3v) is 16.7. The molecule has 0 aliphatic rings. The minimum absolute atomic E-state index is 0.0692. The van der Waals surface area contributed by atoms with Crippen LogP contribution in [-0.2, 0) is 28.6 Å². The van der Waals surface area contributed by atoms with Crippen molar-refractivity contribution in [3.63, 3.8) is 0 Å². The zero-order valence-electron chi connectivity index (χ0n) is 54.4. The Morgan fingerprint density at radius 1 is 0.250 bits per heavy atom. The average molecular weight is 1130 g/mol. The molecule has 0 fully saturated rings. The predicted molar refractivity (Wildman–Crippen MR) is 349 cm³/mol. The van der Waals surface area contributed by atoms with Gasteiger partial charge in [0, 0.05) is 19.3 Å². The molecule has 0 saturated carbocycles. The highest BCUT2D eigenvalue weighted by Gasteiger charge is 2.19. The Morgan fingerprint density at radius 2 is 0.475 bits per heavy atom. The largest absolute Gasteiger partial charge is 0.462 e. The van der Waals surface area contributed by atoms with Gasteiger partial charge in [-0.05, 0) is 44.9 Å². The molecule has 6 heteroatoms. The quantitative estimate of drug-likeness (QED) is 0.0261. The summed E-state index contributed by atoms with van der Waals surface area (Å²) in [5.74, 6) is -0.850. The number of carbonyl (C=O) groups is 3. The standard InChI is InChI=1S/C74H140O6/c1-4-7-10-13-16-19-22-25-27-29-31-33-35-37-39-40-42-44-46-49-52-55-58-61-64-67-73(76)79-70-71(69-78-72(75)66-63-60-57-54-51-48-24-21-18-15-12-9-6-3)80-74(77)68-65-62-59-56-53-50-47-45-43-41-38-36-34-32-30-28-26-23-20-17-14-11-8-5-2/h12,15,21,24,71H,4-11,13-14,16-20,22-23,25-70H2,1-3H3/b15-12-,24-21-. The summed E-state index contributed by atoms with van der Waals surface area (Å²) in [6.45, 7) is 6.66. The van der Waals surface area contributed by atoms with Gasteiger partial charge in [0.15, 0.2) is 6.10 Å². The van der Waals surface area contributed by atoms with Crippen molar-refractivity contribution < 1.29 is 28.6 Å². The molecule has 1 unspecified atom stereocenters. The minimum Gasteiger partial charge on any atom is -0.462 e. The van der Waals surface area contributed by atoms with Crippen molar-refractivity contribution in [2.75, 3.05) is 13.2 Å². The van der Waals surface area contributed by atoms with Crippen molar-refractivity contribution in [1.82, 2.24) is 0 Å². The molecular weight excluding hydrogens is 985 g/mol. The third-order valence-electron chi connectivity index (χ3n) is 16.7. The van der Waals surface area contributed by atoms with Gasteiger partial charge in [-0.25, -0.2) is 0 Å². The molecule has 0 radical (unpaired) electrons. The van der Waals surface area contributed by atoms with Gasteiger partial charge in [0.1, 0.15) is 13.2 Å². The van der Waals surface area contributed by atoms with Gasteiger partial charge >= 0.3 is 17.9 Å². The molecule has 0 rings (SSSR count). The maximum Gasteiger partial charge on any atom is 0.306 e. The van der Waals surface area contributed by atoms with Crippen LogP contribution in [0.4, 0.5) is 0 Å². The lowest BCUT2D eigenvalue weighted by Crippen LogP contribution is -2.30. The van der Waals surface area contributed by atoms with E-state index in [9.17, 15) is 14.4 Å². The molecule has 1 atom stereocenters. The lowest BCUT2D eigenvalue weighted by atomic mass is 10.0. The zero-order valence-corrected chi connectivity index (χ0v) is 54.4. The van der Waals surface area contributed by atoms with Crippen molar-refractivity contribution in [2.45, 2.75) is 419 Å². The predicted octanol–water partition coefficient (Wildman–Crippen LogP) is 25.0. The molecule has 0 saturated heterocycles.